The first-order valence-electron chi connectivity index (χ1n) is 13.7. The molecule has 5 aromatic carbocycles. The summed E-state index contributed by atoms with van der Waals surface area (Å²) in [5.41, 5.74) is 3.69. The number of carbonyl (C=O) groups is 2. The first-order valence-corrected chi connectivity index (χ1v) is 14.5. The molecule has 0 radical (unpaired) electrons. The van der Waals surface area contributed by atoms with E-state index < -0.39 is 0 Å². The molecule has 0 atom stereocenters. The Morgan fingerprint density at radius 3 is 2.10 bits per heavy atom. The molecule has 2 amide bonds. The van der Waals surface area contributed by atoms with Crippen molar-refractivity contribution in [2.45, 2.75) is 29.6 Å². The molecule has 0 fully saturated rings. The number of urea groups is 1. The third-order valence-corrected chi connectivity index (χ3v) is 7.69. The van der Waals surface area contributed by atoms with Crippen molar-refractivity contribution in [1.82, 2.24) is 0 Å². The van der Waals surface area contributed by atoms with Gasteiger partial charge in [-0.15, -0.1) is 0 Å². The molecule has 5 nitrogen and oxygen atoms in total. The molecule has 1 N–H and O–H groups in total. The zero-order chi connectivity index (χ0) is 28.4. The van der Waals surface area contributed by atoms with E-state index in [0.29, 0.717) is 13.2 Å². The van der Waals surface area contributed by atoms with Crippen LogP contribution < -0.4 is 10.2 Å². The third kappa shape index (κ3) is 7.77. The van der Waals surface area contributed by atoms with Crippen LogP contribution in [-0.4, -0.2) is 25.2 Å². The quantitative estimate of drug-likeness (QED) is 0.174. The summed E-state index contributed by atoms with van der Waals surface area (Å²) in [6.07, 6.45) is 1.01. The number of nitrogens with one attached hydrogen (secondary N) is 1. The van der Waals surface area contributed by atoms with Gasteiger partial charge >= 0.3 is 12.0 Å². The maximum Gasteiger partial charge on any atom is 0.326 e. The molecule has 41 heavy (non-hydrogen) atoms. The summed E-state index contributed by atoms with van der Waals surface area (Å²) < 4.78 is 5.03. The Kier molecular flexibility index (Phi) is 9.34. The maximum absolute atomic E-state index is 13.6. The molecule has 0 unspecified atom stereocenters. The number of benzene rings is 5. The van der Waals surface area contributed by atoms with E-state index in [0.717, 1.165) is 43.9 Å². The number of anilines is 2. The predicted octanol–water partition coefficient (Wildman–Crippen LogP) is 8.38. The van der Waals surface area contributed by atoms with E-state index in [1.54, 1.807) is 16.7 Å². The van der Waals surface area contributed by atoms with Gasteiger partial charge in [-0.2, -0.15) is 0 Å². The molecule has 5 rings (SSSR count). The van der Waals surface area contributed by atoms with Crippen LogP contribution in [-0.2, 0) is 22.4 Å². The Balaban J connectivity index is 1.29. The number of hydrogen-bond acceptors (Lipinski definition) is 4. The monoisotopic (exact) mass is 560 g/mol. The summed E-state index contributed by atoms with van der Waals surface area (Å²) in [5, 5.41) is 5.31. The smallest absolute Gasteiger partial charge is 0.326 e. The second kappa shape index (κ2) is 13.7. The highest BCUT2D eigenvalue weighted by Crippen LogP contribution is 2.30. The molecule has 0 aromatic heterocycles. The van der Waals surface area contributed by atoms with E-state index in [2.05, 4.69) is 23.5 Å². The third-order valence-electron chi connectivity index (χ3n) is 6.67. The van der Waals surface area contributed by atoms with Crippen molar-refractivity contribution in [2.75, 3.05) is 23.4 Å². The van der Waals surface area contributed by atoms with Gasteiger partial charge in [-0.1, -0.05) is 84.6 Å². The van der Waals surface area contributed by atoms with Gasteiger partial charge in [0.15, 0.2) is 0 Å². The second-order valence-corrected chi connectivity index (χ2v) is 10.7. The highest BCUT2D eigenvalue weighted by molar-refractivity contribution is 7.99. The van der Waals surface area contributed by atoms with Crippen LogP contribution in [0.3, 0.4) is 0 Å². The summed E-state index contributed by atoms with van der Waals surface area (Å²) in [4.78, 5) is 29.2. The van der Waals surface area contributed by atoms with E-state index in [-0.39, 0.29) is 18.4 Å². The van der Waals surface area contributed by atoms with Crippen LogP contribution in [0.5, 0.6) is 0 Å². The largest absolute Gasteiger partial charge is 0.466 e. The van der Waals surface area contributed by atoms with Gasteiger partial charge in [-0.3, -0.25) is 9.69 Å². The molecule has 0 spiro atoms. The molecule has 0 saturated carbocycles. The zero-order valence-electron chi connectivity index (χ0n) is 23.0. The van der Waals surface area contributed by atoms with E-state index in [1.165, 1.54) is 5.56 Å². The molecule has 0 aliphatic carbocycles. The fraction of sp³-hybridized carbons (Fsp3) is 0.143. The number of esters is 1. The van der Waals surface area contributed by atoms with Gasteiger partial charge in [0.25, 0.3) is 0 Å². The van der Waals surface area contributed by atoms with Gasteiger partial charge in [-0.25, -0.2) is 4.79 Å². The average Bonchev–Trinajstić information content (AvgIpc) is 3.00. The number of nitrogens with zero attached hydrogens (tertiary/aromatic N) is 1. The van der Waals surface area contributed by atoms with E-state index in [4.69, 9.17) is 4.74 Å². The predicted molar refractivity (Wildman–Crippen MR) is 168 cm³/mol. The molecule has 0 heterocycles. The van der Waals surface area contributed by atoms with E-state index in [9.17, 15) is 9.59 Å². The van der Waals surface area contributed by atoms with Crippen molar-refractivity contribution < 1.29 is 14.3 Å². The van der Waals surface area contributed by atoms with E-state index >= 15 is 0 Å². The zero-order valence-corrected chi connectivity index (χ0v) is 23.8. The molecule has 0 saturated heterocycles. The van der Waals surface area contributed by atoms with Gasteiger partial charge in [0, 0.05) is 27.7 Å². The summed E-state index contributed by atoms with van der Waals surface area (Å²) in [5.74, 6) is -0.218. The number of amides is 2. The lowest BCUT2D eigenvalue weighted by molar-refractivity contribution is -0.142. The lowest BCUT2D eigenvalue weighted by atomic mass is 10.1. The number of ether oxygens (including phenoxy) is 1. The Morgan fingerprint density at radius 2 is 1.39 bits per heavy atom. The summed E-state index contributed by atoms with van der Waals surface area (Å²) >= 11 is 1.63. The number of fused-ring (bicyclic) bond motifs is 1. The Hall–Kier alpha value is -4.55. The normalized spacial score (nSPS) is 10.8. The SMILES string of the molecule is CCOC(=O)Cc1ccc(Sc2ccc(N(CCc3ccccc3)C(=O)Nc3ccc4ccccc4c3)cc2)cc1. The molecule has 0 aliphatic heterocycles. The van der Waals surface area contributed by atoms with Crippen LogP contribution in [0.4, 0.5) is 16.2 Å². The Morgan fingerprint density at radius 1 is 0.732 bits per heavy atom. The van der Waals surface area contributed by atoms with Crippen LogP contribution in [0.2, 0.25) is 0 Å². The number of hydrogen-bond donors (Lipinski definition) is 1. The maximum atomic E-state index is 13.6. The van der Waals surface area contributed by atoms with Crippen molar-refractivity contribution >= 4 is 45.9 Å². The van der Waals surface area contributed by atoms with Gasteiger partial charge in [-0.05, 0) is 83.8 Å². The Labute approximate surface area is 245 Å². The van der Waals surface area contributed by atoms with Crippen molar-refractivity contribution in [3.8, 4) is 0 Å². The standard InChI is InChI=1S/C35H32N2O3S/c1-2-40-34(38)24-27-12-18-32(19-13-27)41-33-20-16-31(17-21-33)37(23-22-26-8-4-3-5-9-26)35(39)36-30-15-14-28-10-6-7-11-29(28)25-30/h3-21,25H,2,22-24H2,1H3,(H,36,39). The highest BCUT2D eigenvalue weighted by atomic mass is 32.2. The van der Waals surface area contributed by atoms with Crippen LogP contribution in [0, 0.1) is 0 Å². The fourth-order valence-corrected chi connectivity index (χ4v) is 5.39. The summed E-state index contributed by atoms with van der Waals surface area (Å²) in [6, 6.07) is 40.1. The molecule has 0 bridgehead atoms. The molecular weight excluding hydrogens is 528 g/mol. The van der Waals surface area contributed by atoms with Crippen LogP contribution in [0.25, 0.3) is 10.8 Å². The molecule has 0 aliphatic rings. The molecule has 206 valence electrons. The number of rotatable bonds is 10. The lowest BCUT2D eigenvalue weighted by Crippen LogP contribution is -2.36. The highest BCUT2D eigenvalue weighted by Gasteiger charge is 2.17. The lowest BCUT2D eigenvalue weighted by Gasteiger charge is -2.24. The van der Waals surface area contributed by atoms with Crippen molar-refractivity contribution in [3.63, 3.8) is 0 Å². The minimum absolute atomic E-state index is 0.172. The fourth-order valence-electron chi connectivity index (χ4n) is 4.58. The van der Waals surface area contributed by atoms with Crippen LogP contribution in [0.1, 0.15) is 18.1 Å². The van der Waals surface area contributed by atoms with Crippen LogP contribution >= 0.6 is 11.8 Å². The minimum atomic E-state index is -0.218. The van der Waals surface area contributed by atoms with Gasteiger partial charge in [0.2, 0.25) is 0 Å². The number of carbonyl (C=O) groups excluding carboxylic acids is 2. The topological polar surface area (TPSA) is 58.6 Å². The average molecular weight is 561 g/mol. The van der Waals surface area contributed by atoms with Crippen molar-refractivity contribution in [1.29, 1.82) is 0 Å². The summed E-state index contributed by atoms with van der Waals surface area (Å²) in [6.45, 7) is 2.73. The van der Waals surface area contributed by atoms with E-state index in [1.807, 2.05) is 110 Å². The van der Waals surface area contributed by atoms with Gasteiger partial charge in [0.05, 0.1) is 13.0 Å². The molecular formula is C35H32N2O3S. The van der Waals surface area contributed by atoms with Crippen molar-refractivity contribution in [2.24, 2.45) is 0 Å². The second-order valence-electron chi connectivity index (χ2n) is 9.60. The van der Waals surface area contributed by atoms with Crippen molar-refractivity contribution in [3.05, 3.63) is 132 Å². The summed E-state index contributed by atoms with van der Waals surface area (Å²) in [7, 11) is 0. The molecule has 6 heteroatoms. The minimum Gasteiger partial charge on any atom is -0.466 e. The van der Waals surface area contributed by atoms with Gasteiger partial charge in [0.1, 0.15) is 0 Å². The molecule has 5 aromatic rings. The van der Waals surface area contributed by atoms with Gasteiger partial charge < -0.3 is 10.1 Å². The first kappa shape index (κ1) is 28.0. The first-order chi connectivity index (χ1) is 20.1. The van der Waals surface area contributed by atoms with Crippen LogP contribution in [0.15, 0.2) is 131 Å². The Bertz CT molecular complexity index is 1600.